The van der Waals surface area contributed by atoms with Gasteiger partial charge in [-0.2, -0.15) is 5.26 Å². The lowest BCUT2D eigenvalue weighted by atomic mass is 10.1. The summed E-state index contributed by atoms with van der Waals surface area (Å²) in [4.78, 5) is 2.17. The Balaban J connectivity index is 2.81. The summed E-state index contributed by atoms with van der Waals surface area (Å²) < 4.78 is 0. The van der Waals surface area contributed by atoms with Gasteiger partial charge in [0.15, 0.2) is 0 Å². The van der Waals surface area contributed by atoms with E-state index in [1.807, 2.05) is 0 Å². The largest absolute Gasteiger partial charge is 0.284 e. The van der Waals surface area contributed by atoms with Gasteiger partial charge in [0.05, 0.1) is 12.6 Å². The van der Waals surface area contributed by atoms with E-state index >= 15 is 0 Å². The number of nitriles is 1. The van der Waals surface area contributed by atoms with E-state index in [0.29, 0.717) is 12.6 Å². The number of aryl methyl sites for hydroxylation is 2. The quantitative estimate of drug-likeness (QED) is 0.723. The van der Waals surface area contributed by atoms with Crippen LogP contribution in [0.3, 0.4) is 0 Å². The zero-order chi connectivity index (χ0) is 12.1. The van der Waals surface area contributed by atoms with Gasteiger partial charge in [-0.05, 0) is 33.3 Å². The Hall–Kier alpha value is -1.33. The second-order valence-corrected chi connectivity index (χ2v) is 4.65. The van der Waals surface area contributed by atoms with Crippen molar-refractivity contribution in [3.63, 3.8) is 0 Å². The molecule has 0 amide bonds. The van der Waals surface area contributed by atoms with E-state index in [1.54, 1.807) is 0 Å². The maximum Gasteiger partial charge on any atom is 0.0871 e. The van der Waals surface area contributed by atoms with Gasteiger partial charge in [-0.1, -0.05) is 29.3 Å². The third kappa shape index (κ3) is 3.67. The van der Waals surface area contributed by atoms with Crippen molar-refractivity contribution in [3.8, 4) is 6.07 Å². The van der Waals surface area contributed by atoms with Gasteiger partial charge in [-0.3, -0.25) is 4.90 Å². The van der Waals surface area contributed by atoms with Gasteiger partial charge < -0.3 is 0 Å². The highest BCUT2D eigenvalue weighted by Crippen LogP contribution is 2.12. The molecule has 0 saturated carbocycles. The summed E-state index contributed by atoms with van der Waals surface area (Å²) in [7, 11) is 0. The minimum absolute atomic E-state index is 0.403. The molecule has 0 aliphatic carbocycles. The number of rotatable bonds is 4. The monoisotopic (exact) mass is 216 g/mol. The molecule has 0 heterocycles. The molecule has 2 heteroatoms. The second-order valence-electron chi connectivity index (χ2n) is 4.65. The molecule has 2 nitrogen and oxygen atoms in total. The molecule has 0 atom stereocenters. The normalized spacial score (nSPS) is 10.8. The smallest absolute Gasteiger partial charge is 0.0871 e. The third-order valence-corrected chi connectivity index (χ3v) is 2.67. The van der Waals surface area contributed by atoms with Crippen LogP contribution >= 0.6 is 0 Å². The summed E-state index contributed by atoms with van der Waals surface area (Å²) >= 11 is 0. The van der Waals surface area contributed by atoms with Crippen molar-refractivity contribution in [1.82, 2.24) is 4.90 Å². The van der Waals surface area contributed by atoms with E-state index in [-0.39, 0.29) is 0 Å². The Bertz CT molecular complexity index is 368. The van der Waals surface area contributed by atoms with E-state index in [9.17, 15) is 0 Å². The van der Waals surface area contributed by atoms with Crippen molar-refractivity contribution < 1.29 is 0 Å². The molecule has 0 N–H and O–H groups in total. The third-order valence-electron chi connectivity index (χ3n) is 2.67. The molecule has 0 unspecified atom stereocenters. The average molecular weight is 216 g/mol. The molecular weight excluding hydrogens is 196 g/mol. The molecule has 0 spiro atoms. The van der Waals surface area contributed by atoms with Crippen molar-refractivity contribution in [3.05, 3.63) is 34.9 Å². The first-order valence-corrected chi connectivity index (χ1v) is 5.71. The number of nitrogens with zero attached hydrogens (tertiary/aromatic N) is 2. The first kappa shape index (κ1) is 12.7. The van der Waals surface area contributed by atoms with Crippen LogP contribution in [0.2, 0.25) is 0 Å². The molecular formula is C14H20N2. The number of benzene rings is 1. The second kappa shape index (κ2) is 5.67. The predicted molar refractivity (Wildman–Crippen MR) is 67.1 cm³/mol. The molecule has 0 radical (unpaired) electrons. The van der Waals surface area contributed by atoms with E-state index in [1.165, 1.54) is 16.7 Å². The zero-order valence-electron chi connectivity index (χ0n) is 10.6. The van der Waals surface area contributed by atoms with E-state index < -0.39 is 0 Å². The van der Waals surface area contributed by atoms with E-state index in [4.69, 9.17) is 5.26 Å². The van der Waals surface area contributed by atoms with Crippen LogP contribution in [0.1, 0.15) is 30.5 Å². The van der Waals surface area contributed by atoms with E-state index in [0.717, 1.165) is 6.54 Å². The molecule has 1 aromatic rings. The summed E-state index contributed by atoms with van der Waals surface area (Å²) in [5, 5.41) is 8.78. The van der Waals surface area contributed by atoms with Crippen LogP contribution in [0, 0.1) is 25.2 Å². The Morgan fingerprint density at radius 2 is 1.75 bits per heavy atom. The van der Waals surface area contributed by atoms with Crippen LogP contribution in [-0.4, -0.2) is 17.5 Å². The molecule has 0 aliphatic rings. The summed E-state index contributed by atoms with van der Waals surface area (Å²) in [6, 6.07) is 9.19. The molecule has 0 saturated heterocycles. The van der Waals surface area contributed by atoms with Crippen molar-refractivity contribution >= 4 is 0 Å². The van der Waals surface area contributed by atoms with Gasteiger partial charge in [0.2, 0.25) is 0 Å². The van der Waals surface area contributed by atoms with E-state index in [2.05, 4.69) is 56.9 Å². The average Bonchev–Trinajstić information content (AvgIpc) is 2.15. The lowest BCUT2D eigenvalue weighted by molar-refractivity contribution is 0.240. The first-order valence-electron chi connectivity index (χ1n) is 5.71. The molecule has 86 valence electrons. The molecule has 1 aromatic carbocycles. The van der Waals surface area contributed by atoms with Gasteiger partial charge in [-0.15, -0.1) is 0 Å². The van der Waals surface area contributed by atoms with Crippen molar-refractivity contribution in [2.75, 3.05) is 6.54 Å². The van der Waals surface area contributed by atoms with Crippen molar-refractivity contribution in [1.29, 1.82) is 5.26 Å². The highest BCUT2D eigenvalue weighted by molar-refractivity contribution is 5.28. The zero-order valence-corrected chi connectivity index (χ0v) is 10.6. The first-order chi connectivity index (χ1) is 7.52. The molecule has 0 fully saturated rings. The fourth-order valence-corrected chi connectivity index (χ4v) is 1.91. The maximum absolute atomic E-state index is 8.78. The summed E-state index contributed by atoms with van der Waals surface area (Å²) in [5.41, 5.74) is 3.87. The van der Waals surface area contributed by atoms with Gasteiger partial charge in [0.25, 0.3) is 0 Å². The summed E-state index contributed by atoms with van der Waals surface area (Å²) in [6.45, 7) is 9.82. The van der Waals surface area contributed by atoms with Gasteiger partial charge >= 0.3 is 0 Å². The SMILES string of the molecule is Cc1cc(C)cc(CN(CC#N)C(C)C)c1. The van der Waals surface area contributed by atoms with Crippen molar-refractivity contribution in [2.45, 2.75) is 40.3 Å². The number of hydrogen-bond donors (Lipinski definition) is 0. The molecule has 0 bridgehead atoms. The van der Waals surface area contributed by atoms with Crippen LogP contribution in [-0.2, 0) is 6.54 Å². The maximum atomic E-state index is 8.78. The fourth-order valence-electron chi connectivity index (χ4n) is 1.91. The van der Waals surface area contributed by atoms with Crippen LogP contribution in [0.25, 0.3) is 0 Å². The summed E-state index contributed by atoms with van der Waals surface area (Å²) in [5.74, 6) is 0. The predicted octanol–water partition coefficient (Wildman–Crippen LogP) is 3.04. The lowest BCUT2D eigenvalue weighted by Crippen LogP contribution is -2.30. The van der Waals surface area contributed by atoms with Crippen LogP contribution in [0.4, 0.5) is 0 Å². The van der Waals surface area contributed by atoms with Gasteiger partial charge in [0, 0.05) is 12.6 Å². The number of hydrogen-bond acceptors (Lipinski definition) is 2. The minimum Gasteiger partial charge on any atom is -0.284 e. The Morgan fingerprint density at radius 3 is 2.19 bits per heavy atom. The topological polar surface area (TPSA) is 27.0 Å². The molecule has 1 rings (SSSR count). The molecule has 16 heavy (non-hydrogen) atoms. The highest BCUT2D eigenvalue weighted by Gasteiger charge is 2.09. The van der Waals surface area contributed by atoms with Crippen LogP contribution in [0.5, 0.6) is 0 Å². The Morgan fingerprint density at radius 1 is 1.19 bits per heavy atom. The van der Waals surface area contributed by atoms with Crippen LogP contribution in [0.15, 0.2) is 18.2 Å². The molecule has 0 aromatic heterocycles. The van der Waals surface area contributed by atoms with Crippen molar-refractivity contribution in [2.24, 2.45) is 0 Å². The van der Waals surface area contributed by atoms with Crippen LogP contribution < -0.4 is 0 Å². The Labute approximate surface area is 98.5 Å². The fraction of sp³-hybridized carbons (Fsp3) is 0.500. The minimum atomic E-state index is 0.403. The standard InChI is InChI=1S/C14H20N2/c1-11(2)16(6-5-15)10-14-8-12(3)7-13(4)9-14/h7-9,11H,6,10H2,1-4H3. The lowest BCUT2D eigenvalue weighted by Gasteiger charge is -2.23. The summed E-state index contributed by atoms with van der Waals surface area (Å²) in [6.07, 6.45) is 0. The van der Waals surface area contributed by atoms with Gasteiger partial charge in [-0.25, -0.2) is 0 Å². The van der Waals surface area contributed by atoms with Gasteiger partial charge in [0.1, 0.15) is 0 Å². The Kier molecular flexibility index (Phi) is 4.52. The molecule has 0 aliphatic heterocycles. The highest BCUT2D eigenvalue weighted by atomic mass is 15.1.